The quantitative estimate of drug-likeness (QED) is 0.685. The van der Waals surface area contributed by atoms with Crippen LogP contribution in [0.2, 0.25) is 0 Å². The highest BCUT2D eigenvalue weighted by Gasteiger charge is 2.47. The van der Waals surface area contributed by atoms with Crippen molar-refractivity contribution in [3.05, 3.63) is 39.9 Å². The van der Waals surface area contributed by atoms with Crippen LogP contribution in [0.1, 0.15) is 42.7 Å². The molecule has 2 unspecified atom stereocenters. The molecule has 3 aliphatic rings. The lowest BCUT2D eigenvalue weighted by Gasteiger charge is -2.41. The highest BCUT2D eigenvalue weighted by atomic mass is 32.3. The number of rotatable bonds is 3. The molecule has 2 atom stereocenters. The summed E-state index contributed by atoms with van der Waals surface area (Å²) in [4.78, 5) is 17.9. The maximum absolute atomic E-state index is 12.8. The Morgan fingerprint density at radius 1 is 1.18 bits per heavy atom. The van der Waals surface area contributed by atoms with Crippen molar-refractivity contribution in [2.45, 2.75) is 38.5 Å². The predicted molar refractivity (Wildman–Crippen MR) is 112 cm³/mol. The van der Waals surface area contributed by atoms with Gasteiger partial charge in [0.25, 0.3) is 0 Å². The third-order valence-electron chi connectivity index (χ3n) is 5.63. The van der Waals surface area contributed by atoms with Gasteiger partial charge in [0.2, 0.25) is 10.0 Å². The first-order valence-electron chi connectivity index (χ1n) is 9.24. The van der Waals surface area contributed by atoms with Gasteiger partial charge < -0.3 is 0 Å². The number of carbonyl (C=O) groups excluding carboxylic acids is 1. The first-order valence-corrected chi connectivity index (χ1v) is 12.8. The van der Waals surface area contributed by atoms with Crippen LogP contribution in [-0.2, 0) is 14.8 Å². The Morgan fingerprint density at radius 2 is 1.93 bits per heavy atom. The second-order valence-electron chi connectivity index (χ2n) is 7.76. The van der Waals surface area contributed by atoms with Gasteiger partial charge in [0, 0.05) is 30.2 Å². The van der Waals surface area contributed by atoms with Crippen LogP contribution in [0, 0.1) is 12.8 Å². The smallest absolute Gasteiger partial charge is 0.229 e. The maximum Gasteiger partial charge on any atom is 0.229 e. The number of ketones is 1. The Kier molecular flexibility index (Phi) is 4.69. The molecule has 152 valence electrons. The minimum atomic E-state index is -3.47. The van der Waals surface area contributed by atoms with Crippen LogP contribution in [0.15, 0.2) is 33.8 Å². The van der Waals surface area contributed by atoms with E-state index in [4.69, 9.17) is 0 Å². The molecule has 1 aliphatic carbocycles. The summed E-state index contributed by atoms with van der Waals surface area (Å²) in [6.45, 7) is 1.80. The number of aliphatic imine (C=N–C) groups is 1. The van der Waals surface area contributed by atoms with E-state index < -0.39 is 32.4 Å². The van der Waals surface area contributed by atoms with Crippen LogP contribution in [-0.4, -0.2) is 41.0 Å². The average molecular weight is 425 g/mol. The van der Waals surface area contributed by atoms with Crippen LogP contribution in [0.4, 0.5) is 5.69 Å². The summed E-state index contributed by atoms with van der Waals surface area (Å²) in [5.74, 6) is -0.734. The molecule has 0 spiro atoms. The molecule has 0 bridgehead atoms. The normalized spacial score (nSPS) is 27.7. The number of nitrogens with zero attached hydrogens (tertiary/aromatic N) is 1. The van der Waals surface area contributed by atoms with Crippen molar-refractivity contribution in [1.82, 2.24) is 0 Å². The van der Waals surface area contributed by atoms with Gasteiger partial charge in [-0.05, 0) is 37.0 Å². The van der Waals surface area contributed by atoms with Gasteiger partial charge in [-0.25, -0.2) is 8.42 Å². The van der Waals surface area contributed by atoms with E-state index in [1.165, 1.54) is 0 Å². The number of Topliss-reactive ketones (excluding diaryl/α,β-unsaturated/α-hetero) is 1. The van der Waals surface area contributed by atoms with Gasteiger partial charge in [0.05, 0.1) is 28.5 Å². The zero-order valence-electron chi connectivity index (χ0n) is 15.8. The van der Waals surface area contributed by atoms with Crippen molar-refractivity contribution in [2.24, 2.45) is 10.9 Å². The van der Waals surface area contributed by atoms with Gasteiger partial charge >= 0.3 is 0 Å². The third-order valence-corrected chi connectivity index (χ3v) is 8.19. The van der Waals surface area contributed by atoms with Crippen molar-refractivity contribution in [1.29, 1.82) is 0 Å². The zero-order chi connectivity index (χ0) is 20.3. The molecule has 0 aromatic heterocycles. The molecule has 1 fully saturated rings. The number of allylic oxidation sites excluding steroid dienone is 2. The van der Waals surface area contributed by atoms with Gasteiger partial charge in [-0.1, -0.05) is 12.1 Å². The van der Waals surface area contributed by atoms with Gasteiger partial charge in [0.1, 0.15) is 5.78 Å². The number of hydrogen-bond donors (Lipinski definition) is 3. The van der Waals surface area contributed by atoms with Gasteiger partial charge in [-0.2, -0.15) is 10.6 Å². The molecule has 0 amide bonds. The molecular weight excluding hydrogens is 400 g/mol. The molecule has 7 nitrogen and oxygen atoms in total. The number of carbonyl (C=O) groups is 1. The summed E-state index contributed by atoms with van der Waals surface area (Å²) >= 11 is 0. The summed E-state index contributed by atoms with van der Waals surface area (Å²) in [5, 5.41) is 0. The fourth-order valence-corrected chi connectivity index (χ4v) is 6.93. The van der Waals surface area contributed by atoms with E-state index in [9.17, 15) is 22.3 Å². The topological polar surface area (TPSA) is 116 Å². The maximum atomic E-state index is 12.8. The zero-order valence-corrected chi connectivity index (χ0v) is 17.4. The minimum absolute atomic E-state index is 0.0573. The van der Waals surface area contributed by atoms with Gasteiger partial charge in [-0.15, -0.1) is 0 Å². The number of benzene rings is 1. The molecule has 1 aromatic rings. The molecular formula is C19H24N2O5S2. The van der Waals surface area contributed by atoms with Crippen LogP contribution in [0.25, 0.3) is 0 Å². The van der Waals surface area contributed by atoms with Crippen LogP contribution in [0.3, 0.4) is 0 Å². The van der Waals surface area contributed by atoms with E-state index in [2.05, 4.69) is 9.71 Å². The summed E-state index contributed by atoms with van der Waals surface area (Å²) in [6.07, 6.45) is 3.50. The van der Waals surface area contributed by atoms with Crippen molar-refractivity contribution < 1.29 is 22.3 Å². The van der Waals surface area contributed by atoms with Gasteiger partial charge in [0.15, 0.2) is 0 Å². The van der Waals surface area contributed by atoms with Gasteiger partial charge in [-0.3, -0.25) is 23.6 Å². The van der Waals surface area contributed by atoms with E-state index in [-0.39, 0.29) is 11.5 Å². The summed E-state index contributed by atoms with van der Waals surface area (Å²) in [5.41, 5.74) is 3.39. The van der Waals surface area contributed by atoms with Crippen molar-refractivity contribution >= 4 is 37.8 Å². The highest BCUT2D eigenvalue weighted by molar-refractivity contribution is 8.27. The highest BCUT2D eigenvalue weighted by Crippen LogP contribution is 2.64. The van der Waals surface area contributed by atoms with E-state index in [1.54, 1.807) is 19.1 Å². The Hall–Kier alpha value is -1.68. The molecule has 9 heteroatoms. The standard InChI is InChI=1S/C19H24N2O5S2/c1-11-6-7-12(10-15(11)21-27(2,23)24)17-18-13(4-3-5-16(18)22)20-14-8-9-28(25,26)19(14)17/h6-7,10,17-18,21,25-26H,3-5,8-9H2,1-2H3. The summed E-state index contributed by atoms with van der Waals surface area (Å²) in [7, 11) is -6.46. The lowest BCUT2D eigenvalue weighted by molar-refractivity contribution is -0.121. The molecule has 1 aromatic carbocycles. The van der Waals surface area contributed by atoms with Crippen LogP contribution >= 0.6 is 10.6 Å². The predicted octanol–water partition coefficient (Wildman–Crippen LogP) is 3.64. The molecule has 2 heterocycles. The first kappa shape index (κ1) is 19.6. The lowest BCUT2D eigenvalue weighted by atomic mass is 9.72. The third kappa shape index (κ3) is 3.41. The van der Waals surface area contributed by atoms with E-state index >= 15 is 0 Å². The second kappa shape index (κ2) is 6.69. The molecule has 0 radical (unpaired) electrons. The SMILES string of the molecule is Cc1ccc(C2C3=C(CCS3(O)O)N=C3CCCC(=O)C32)cc1NS(C)(=O)=O. The minimum Gasteiger partial charge on any atom is -0.299 e. The molecule has 0 saturated heterocycles. The second-order valence-corrected chi connectivity index (χ2v) is 11.7. The van der Waals surface area contributed by atoms with E-state index in [1.807, 2.05) is 6.07 Å². The molecule has 28 heavy (non-hydrogen) atoms. The first-order chi connectivity index (χ1) is 13.1. The Bertz CT molecular complexity index is 1030. The Morgan fingerprint density at radius 3 is 2.64 bits per heavy atom. The van der Waals surface area contributed by atoms with Crippen LogP contribution < -0.4 is 4.72 Å². The molecule has 2 aliphatic heterocycles. The largest absolute Gasteiger partial charge is 0.299 e. The molecule has 1 saturated carbocycles. The number of sulfonamides is 1. The average Bonchev–Trinajstić information content (AvgIpc) is 2.89. The fraction of sp³-hybridized carbons (Fsp3) is 0.474. The van der Waals surface area contributed by atoms with Crippen LogP contribution in [0.5, 0.6) is 0 Å². The number of hydrogen-bond acceptors (Lipinski definition) is 6. The van der Waals surface area contributed by atoms with E-state index in [0.717, 1.165) is 30.4 Å². The summed E-state index contributed by atoms with van der Waals surface area (Å²) < 4.78 is 47.4. The Balaban J connectivity index is 1.88. The molecule has 3 N–H and O–H groups in total. The van der Waals surface area contributed by atoms with Crippen molar-refractivity contribution in [3.8, 4) is 0 Å². The Labute approximate surface area is 166 Å². The number of anilines is 1. The number of fused-ring (bicyclic) bond motifs is 1. The monoisotopic (exact) mass is 424 g/mol. The number of aryl methyl sites for hydroxylation is 1. The fourth-order valence-electron chi connectivity index (χ4n) is 4.41. The van der Waals surface area contributed by atoms with Crippen molar-refractivity contribution in [3.63, 3.8) is 0 Å². The molecule has 4 rings (SSSR count). The summed E-state index contributed by atoms with van der Waals surface area (Å²) in [6, 6.07) is 5.35. The van der Waals surface area contributed by atoms with Crippen molar-refractivity contribution in [2.75, 3.05) is 16.7 Å². The lowest BCUT2D eigenvalue weighted by Crippen LogP contribution is -2.37. The number of nitrogens with one attached hydrogen (secondary N) is 1. The van der Waals surface area contributed by atoms with E-state index in [0.29, 0.717) is 34.7 Å².